The van der Waals surface area contributed by atoms with Gasteiger partial charge < -0.3 is 0 Å². The Morgan fingerprint density at radius 3 is 2.20 bits per heavy atom. The summed E-state index contributed by atoms with van der Waals surface area (Å²) < 4.78 is 22.0. The van der Waals surface area contributed by atoms with Crippen molar-refractivity contribution in [3.63, 3.8) is 0 Å². The maximum Gasteiger partial charge on any atom is 0.236 e. The summed E-state index contributed by atoms with van der Waals surface area (Å²) in [6, 6.07) is 7.53. The second-order valence-corrected chi connectivity index (χ2v) is 6.83. The molecule has 2 nitrogen and oxygen atoms in total. The van der Waals surface area contributed by atoms with Crippen molar-refractivity contribution in [3.8, 4) is 0 Å². The molecule has 0 aliphatic carbocycles. The molecule has 1 rings (SSSR count). The zero-order valence-electron chi connectivity index (χ0n) is 8.90. The van der Waals surface area contributed by atoms with Gasteiger partial charge in [-0.05, 0) is 23.5 Å². The largest absolute Gasteiger partial charge is 0.236 e. The molecule has 0 unspecified atom stereocenters. The van der Waals surface area contributed by atoms with Gasteiger partial charge in [0.25, 0.3) is 0 Å². The van der Waals surface area contributed by atoms with E-state index < -0.39 is 9.05 Å². The molecule has 1 aromatic rings. The van der Waals surface area contributed by atoms with Crippen molar-refractivity contribution in [1.29, 1.82) is 0 Å². The van der Waals surface area contributed by atoms with Gasteiger partial charge in [-0.2, -0.15) is 0 Å². The molecule has 0 bridgehead atoms. The van der Waals surface area contributed by atoms with Crippen molar-refractivity contribution in [1.82, 2.24) is 0 Å². The molecule has 0 atom stereocenters. The van der Waals surface area contributed by atoms with Gasteiger partial charge in [-0.15, -0.1) is 0 Å². The standard InChI is InChI=1S/C11H15ClO2S/c1-9(2)7-10-5-3-4-6-11(10)8-15(12,13)14/h3-6,9H,7-8H2,1-2H3. The molecule has 0 aliphatic rings. The van der Waals surface area contributed by atoms with E-state index in [0.29, 0.717) is 5.92 Å². The smallest absolute Gasteiger partial charge is 0.212 e. The van der Waals surface area contributed by atoms with E-state index in [2.05, 4.69) is 13.8 Å². The first-order valence-electron chi connectivity index (χ1n) is 4.87. The van der Waals surface area contributed by atoms with Crippen molar-refractivity contribution in [3.05, 3.63) is 35.4 Å². The van der Waals surface area contributed by atoms with Crippen LogP contribution in [0.3, 0.4) is 0 Å². The quantitative estimate of drug-likeness (QED) is 0.766. The van der Waals surface area contributed by atoms with Crippen LogP contribution in [0.2, 0.25) is 0 Å². The molecule has 84 valence electrons. The average Bonchev–Trinajstić information content (AvgIpc) is 2.05. The van der Waals surface area contributed by atoms with E-state index in [1.54, 1.807) is 0 Å². The summed E-state index contributed by atoms with van der Waals surface area (Å²) in [5.41, 5.74) is 1.87. The summed E-state index contributed by atoms with van der Waals surface area (Å²) in [5.74, 6) is 0.418. The van der Waals surface area contributed by atoms with Gasteiger partial charge in [0.05, 0.1) is 5.75 Å². The average molecular weight is 247 g/mol. The molecule has 0 N–H and O–H groups in total. The minimum atomic E-state index is -3.46. The number of benzene rings is 1. The van der Waals surface area contributed by atoms with Gasteiger partial charge in [0.15, 0.2) is 0 Å². The van der Waals surface area contributed by atoms with Crippen molar-refractivity contribution >= 4 is 19.7 Å². The number of rotatable bonds is 4. The lowest BCUT2D eigenvalue weighted by Crippen LogP contribution is -2.02. The van der Waals surface area contributed by atoms with Gasteiger partial charge in [-0.1, -0.05) is 38.1 Å². The SMILES string of the molecule is CC(C)Cc1ccccc1CS(=O)(=O)Cl. The summed E-state index contributed by atoms with van der Waals surface area (Å²) in [6.45, 7) is 4.21. The summed E-state index contributed by atoms with van der Waals surface area (Å²) in [7, 11) is 1.79. The predicted molar refractivity (Wildman–Crippen MR) is 63.5 cm³/mol. The Bertz CT molecular complexity index is 424. The number of hydrogen-bond donors (Lipinski definition) is 0. The fraction of sp³-hybridized carbons (Fsp3) is 0.455. The molecule has 0 spiro atoms. The van der Waals surface area contributed by atoms with Crippen LogP contribution in [-0.4, -0.2) is 8.42 Å². The highest BCUT2D eigenvalue weighted by Gasteiger charge is 2.11. The second kappa shape index (κ2) is 4.99. The fourth-order valence-electron chi connectivity index (χ4n) is 1.52. The van der Waals surface area contributed by atoms with Crippen LogP contribution < -0.4 is 0 Å². The lowest BCUT2D eigenvalue weighted by molar-refractivity contribution is 0.607. The molecule has 0 radical (unpaired) electrons. The summed E-state index contributed by atoms with van der Waals surface area (Å²) in [6.07, 6.45) is 0.878. The molecular weight excluding hydrogens is 232 g/mol. The van der Waals surface area contributed by atoms with Crippen LogP contribution >= 0.6 is 10.7 Å². The van der Waals surface area contributed by atoms with E-state index in [4.69, 9.17) is 10.7 Å². The zero-order valence-corrected chi connectivity index (χ0v) is 10.5. The van der Waals surface area contributed by atoms with Crippen molar-refractivity contribution in [2.45, 2.75) is 26.0 Å². The van der Waals surface area contributed by atoms with E-state index in [1.165, 1.54) is 0 Å². The Kier molecular flexibility index (Phi) is 4.17. The molecule has 0 aromatic heterocycles. The van der Waals surface area contributed by atoms with Crippen LogP contribution in [0.4, 0.5) is 0 Å². The van der Waals surface area contributed by atoms with E-state index in [9.17, 15) is 8.42 Å². The van der Waals surface area contributed by atoms with Crippen molar-refractivity contribution in [2.75, 3.05) is 0 Å². The summed E-state index contributed by atoms with van der Waals surface area (Å²) in [5, 5.41) is 0. The van der Waals surface area contributed by atoms with Crippen LogP contribution in [0.25, 0.3) is 0 Å². The molecule has 1 aromatic carbocycles. The summed E-state index contributed by atoms with van der Waals surface area (Å²) >= 11 is 0. The fourth-order valence-corrected chi connectivity index (χ4v) is 2.53. The Hall–Kier alpha value is -0.540. The Morgan fingerprint density at radius 1 is 1.20 bits per heavy atom. The first-order chi connectivity index (χ1) is 6.88. The molecule has 0 heterocycles. The first kappa shape index (κ1) is 12.5. The van der Waals surface area contributed by atoms with Gasteiger partial charge in [-0.25, -0.2) is 8.42 Å². The molecule has 0 fully saturated rings. The molecule has 4 heteroatoms. The first-order valence-corrected chi connectivity index (χ1v) is 7.35. The maximum atomic E-state index is 11.0. The zero-order chi connectivity index (χ0) is 11.5. The molecule has 0 saturated heterocycles. The highest BCUT2D eigenvalue weighted by molar-refractivity contribution is 8.13. The van der Waals surface area contributed by atoms with Gasteiger partial charge in [0.2, 0.25) is 9.05 Å². The summed E-state index contributed by atoms with van der Waals surface area (Å²) in [4.78, 5) is 0. The van der Waals surface area contributed by atoms with Crippen molar-refractivity contribution in [2.24, 2.45) is 5.92 Å². The van der Waals surface area contributed by atoms with Crippen LogP contribution in [0.15, 0.2) is 24.3 Å². The van der Waals surface area contributed by atoms with Gasteiger partial charge in [0, 0.05) is 10.7 Å². The van der Waals surface area contributed by atoms with E-state index in [-0.39, 0.29) is 5.75 Å². The number of hydrogen-bond acceptors (Lipinski definition) is 2. The maximum absolute atomic E-state index is 11.0. The Morgan fingerprint density at radius 2 is 1.73 bits per heavy atom. The lowest BCUT2D eigenvalue weighted by atomic mass is 9.99. The Labute approximate surface area is 95.7 Å². The van der Waals surface area contributed by atoms with Crippen LogP contribution in [0.1, 0.15) is 25.0 Å². The third kappa shape index (κ3) is 4.67. The van der Waals surface area contributed by atoms with Crippen LogP contribution in [-0.2, 0) is 21.2 Å². The molecule has 0 saturated carbocycles. The molecule has 15 heavy (non-hydrogen) atoms. The van der Waals surface area contributed by atoms with E-state index in [0.717, 1.165) is 17.5 Å². The topological polar surface area (TPSA) is 34.1 Å². The minimum Gasteiger partial charge on any atom is -0.212 e. The molecular formula is C11H15ClO2S. The molecule has 0 aliphatic heterocycles. The number of halogens is 1. The minimum absolute atomic E-state index is 0.0859. The van der Waals surface area contributed by atoms with Crippen LogP contribution in [0.5, 0.6) is 0 Å². The highest BCUT2D eigenvalue weighted by atomic mass is 35.7. The van der Waals surface area contributed by atoms with Gasteiger partial charge in [0.1, 0.15) is 0 Å². The second-order valence-electron chi connectivity index (χ2n) is 4.05. The van der Waals surface area contributed by atoms with Crippen molar-refractivity contribution < 1.29 is 8.42 Å². The van der Waals surface area contributed by atoms with E-state index in [1.807, 2.05) is 24.3 Å². The van der Waals surface area contributed by atoms with Gasteiger partial charge in [-0.3, -0.25) is 0 Å². The third-order valence-corrected chi connectivity index (χ3v) is 3.06. The third-order valence-electron chi connectivity index (χ3n) is 2.07. The highest BCUT2D eigenvalue weighted by Crippen LogP contribution is 2.17. The predicted octanol–water partition coefficient (Wildman–Crippen LogP) is 2.95. The monoisotopic (exact) mass is 246 g/mol. The van der Waals surface area contributed by atoms with E-state index >= 15 is 0 Å². The van der Waals surface area contributed by atoms with Gasteiger partial charge >= 0.3 is 0 Å². The normalized spacial score (nSPS) is 12.0. The molecule has 0 amide bonds. The Balaban J connectivity index is 2.96. The van der Waals surface area contributed by atoms with Crippen LogP contribution in [0, 0.1) is 5.92 Å². The lowest BCUT2D eigenvalue weighted by Gasteiger charge is -2.09.